The molecular formula is C16H20N2O2. The zero-order chi connectivity index (χ0) is 14.8. The zero-order valence-electron chi connectivity index (χ0n) is 12.1. The van der Waals surface area contributed by atoms with Crippen molar-refractivity contribution in [1.82, 2.24) is 9.88 Å². The lowest BCUT2D eigenvalue weighted by Gasteiger charge is -2.34. The van der Waals surface area contributed by atoms with Crippen molar-refractivity contribution < 1.29 is 9.90 Å². The van der Waals surface area contributed by atoms with Crippen LogP contribution in [0.25, 0.3) is 10.9 Å². The largest absolute Gasteiger partial charge is 0.479 e. The number of nitrogens with one attached hydrogen (secondary N) is 1. The molecule has 0 aliphatic rings. The van der Waals surface area contributed by atoms with Crippen LogP contribution in [0.5, 0.6) is 0 Å². The number of aliphatic carboxylic acids is 1. The van der Waals surface area contributed by atoms with E-state index in [1.54, 1.807) is 25.1 Å². The van der Waals surface area contributed by atoms with E-state index in [-0.39, 0.29) is 0 Å². The highest BCUT2D eigenvalue weighted by Crippen LogP contribution is 2.26. The molecule has 4 nitrogen and oxygen atoms in total. The van der Waals surface area contributed by atoms with Crippen molar-refractivity contribution in [3.63, 3.8) is 0 Å². The van der Waals surface area contributed by atoms with Crippen LogP contribution in [0.3, 0.4) is 0 Å². The summed E-state index contributed by atoms with van der Waals surface area (Å²) in [5, 5.41) is 10.7. The fourth-order valence-corrected chi connectivity index (χ4v) is 2.39. The minimum absolute atomic E-state index is 0.438. The van der Waals surface area contributed by atoms with E-state index in [1.165, 1.54) is 0 Å². The summed E-state index contributed by atoms with van der Waals surface area (Å²) in [4.78, 5) is 16.7. The second-order valence-electron chi connectivity index (χ2n) is 5.21. The fourth-order valence-electron chi connectivity index (χ4n) is 2.39. The molecule has 4 heteroatoms. The zero-order valence-corrected chi connectivity index (χ0v) is 12.1. The number of hydrogen-bond donors (Lipinski definition) is 2. The molecule has 0 amide bonds. The van der Waals surface area contributed by atoms with E-state index < -0.39 is 11.5 Å². The molecule has 2 N–H and O–H groups in total. The third-order valence-electron chi connectivity index (χ3n) is 3.82. The molecular weight excluding hydrogens is 252 g/mol. The van der Waals surface area contributed by atoms with Gasteiger partial charge in [0.2, 0.25) is 0 Å². The molecule has 0 saturated carbocycles. The number of fused-ring (bicyclic) bond motifs is 1. The number of carboxylic acid groups (broad SMARTS) is 1. The Hall–Kier alpha value is -2.23. The average Bonchev–Trinajstić information content (AvgIpc) is 2.82. The predicted molar refractivity (Wildman–Crippen MR) is 80.6 cm³/mol. The number of H-pyrrole nitrogens is 1. The van der Waals surface area contributed by atoms with Crippen LogP contribution in [0, 0.1) is 0 Å². The summed E-state index contributed by atoms with van der Waals surface area (Å²) in [6, 6.07) is 7.93. The van der Waals surface area contributed by atoms with Gasteiger partial charge in [0, 0.05) is 30.6 Å². The van der Waals surface area contributed by atoms with E-state index in [2.05, 4.69) is 4.98 Å². The Morgan fingerprint density at radius 2 is 2.15 bits per heavy atom. The molecule has 0 aliphatic heterocycles. The van der Waals surface area contributed by atoms with Gasteiger partial charge in [-0.05, 0) is 31.7 Å². The van der Waals surface area contributed by atoms with E-state index in [4.69, 9.17) is 0 Å². The molecule has 106 valence electrons. The van der Waals surface area contributed by atoms with Gasteiger partial charge in [-0.1, -0.05) is 24.3 Å². The number of carbonyl (C=O) groups is 1. The van der Waals surface area contributed by atoms with Crippen LogP contribution >= 0.6 is 0 Å². The molecule has 0 spiro atoms. The topological polar surface area (TPSA) is 56.3 Å². The molecule has 2 rings (SSSR count). The maximum atomic E-state index is 11.7. The van der Waals surface area contributed by atoms with Gasteiger partial charge in [-0.2, -0.15) is 0 Å². The Morgan fingerprint density at radius 3 is 2.80 bits per heavy atom. The highest BCUT2D eigenvalue weighted by atomic mass is 16.4. The summed E-state index contributed by atoms with van der Waals surface area (Å²) in [7, 11) is 1.79. The van der Waals surface area contributed by atoms with Gasteiger partial charge in [-0.15, -0.1) is 0 Å². The maximum absolute atomic E-state index is 11.7. The summed E-state index contributed by atoms with van der Waals surface area (Å²) in [6.07, 6.45) is 5.97. The maximum Gasteiger partial charge on any atom is 0.329 e. The number of aromatic amines is 1. The van der Waals surface area contributed by atoms with E-state index in [0.29, 0.717) is 6.42 Å². The van der Waals surface area contributed by atoms with E-state index in [1.807, 2.05) is 43.5 Å². The van der Waals surface area contributed by atoms with Gasteiger partial charge in [-0.25, -0.2) is 4.79 Å². The number of para-hydroxylation sites is 1. The summed E-state index contributed by atoms with van der Waals surface area (Å²) >= 11 is 0. The standard InChI is InChI=1S/C16H20N2O2/c1-4-9-18(3)16(2,15(19)20)10-12-11-17-14-8-6-5-7-13(12)14/h4-9,11,17H,10H2,1-3H3,(H,19,20). The van der Waals surface area contributed by atoms with Crippen LogP contribution in [-0.4, -0.2) is 33.5 Å². The van der Waals surface area contributed by atoms with Crippen LogP contribution in [0.4, 0.5) is 0 Å². The van der Waals surface area contributed by atoms with Gasteiger partial charge in [0.1, 0.15) is 5.54 Å². The lowest BCUT2D eigenvalue weighted by molar-refractivity contribution is -0.148. The Kier molecular flexibility index (Phi) is 3.84. The fraction of sp³-hybridized carbons (Fsp3) is 0.312. The Balaban J connectivity index is 2.40. The molecule has 0 radical (unpaired) electrons. The van der Waals surface area contributed by atoms with Crippen molar-refractivity contribution >= 4 is 16.9 Å². The summed E-state index contributed by atoms with van der Waals surface area (Å²) in [5.41, 5.74) is 1.07. The van der Waals surface area contributed by atoms with Gasteiger partial charge in [0.05, 0.1) is 0 Å². The molecule has 0 fully saturated rings. The summed E-state index contributed by atoms with van der Waals surface area (Å²) < 4.78 is 0. The van der Waals surface area contributed by atoms with Crippen LogP contribution in [0.15, 0.2) is 42.7 Å². The molecule has 1 heterocycles. The van der Waals surface area contributed by atoms with Gasteiger partial charge >= 0.3 is 5.97 Å². The summed E-state index contributed by atoms with van der Waals surface area (Å²) in [6.45, 7) is 3.63. The van der Waals surface area contributed by atoms with Gasteiger partial charge < -0.3 is 15.0 Å². The average molecular weight is 272 g/mol. The third kappa shape index (κ3) is 2.41. The van der Waals surface area contributed by atoms with Crippen LogP contribution in [-0.2, 0) is 11.2 Å². The first-order valence-electron chi connectivity index (χ1n) is 6.63. The molecule has 2 aromatic rings. The van der Waals surface area contributed by atoms with Crippen molar-refractivity contribution in [2.45, 2.75) is 25.8 Å². The predicted octanol–water partition coefficient (Wildman–Crippen LogP) is 3.02. The smallest absolute Gasteiger partial charge is 0.329 e. The molecule has 1 atom stereocenters. The first-order chi connectivity index (χ1) is 9.49. The van der Waals surface area contributed by atoms with Gasteiger partial charge in [0.15, 0.2) is 0 Å². The van der Waals surface area contributed by atoms with E-state index in [0.717, 1.165) is 16.5 Å². The monoisotopic (exact) mass is 272 g/mol. The lowest BCUT2D eigenvalue weighted by atomic mass is 9.91. The molecule has 0 saturated heterocycles. The number of hydrogen-bond acceptors (Lipinski definition) is 2. The van der Waals surface area contributed by atoms with Crippen molar-refractivity contribution in [3.05, 3.63) is 48.3 Å². The Labute approximate surface area is 118 Å². The van der Waals surface area contributed by atoms with E-state index >= 15 is 0 Å². The lowest BCUT2D eigenvalue weighted by Crippen LogP contribution is -2.49. The van der Waals surface area contributed by atoms with Crippen LogP contribution in [0.1, 0.15) is 19.4 Å². The minimum Gasteiger partial charge on any atom is -0.479 e. The van der Waals surface area contributed by atoms with Crippen molar-refractivity contribution in [1.29, 1.82) is 0 Å². The molecule has 1 aromatic carbocycles. The number of benzene rings is 1. The first kappa shape index (κ1) is 14.2. The number of likely N-dealkylation sites (N-methyl/N-ethyl adjacent to an activating group) is 1. The normalized spacial score (nSPS) is 14.6. The highest BCUT2D eigenvalue weighted by molar-refractivity contribution is 5.85. The number of allylic oxidation sites excluding steroid dienone is 1. The van der Waals surface area contributed by atoms with Gasteiger partial charge in [0.25, 0.3) is 0 Å². The second kappa shape index (κ2) is 5.41. The summed E-state index contributed by atoms with van der Waals surface area (Å²) in [5.74, 6) is -0.830. The number of aromatic nitrogens is 1. The van der Waals surface area contributed by atoms with Crippen molar-refractivity contribution in [2.75, 3.05) is 7.05 Å². The molecule has 0 aliphatic carbocycles. The minimum atomic E-state index is -0.975. The van der Waals surface area contributed by atoms with Gasteiger partial charge in [-0.3, -0.25) is 0 Å². The van der Waals surface area contributed by atoms with Crippen LogP contribution in [0.2, 0.25) is 0 Å². The van der Waals surface area contributed by atoms with Crippen molar-refractivity contribution in [3.8, 4) is 0 Å². The molecule has 1 unspecified atom stereocenters. The first-order valence-corrected chi connectivity index (χ1v) is 6.63. The SMILES string of the molecule is CC=CN(C)C(C)(Cc1c[nH]c2ccccc12)C(=O)O. The Bertz CT molecular complexity index is 645. The van der Waals surface area contributed by atoms with Crippen LogP contribution < -0.4 is 0 Å². The third-order valence-corrected chi connectivity index (χ3v) is 3.82. The molecule has 20 heavy (non-hydrogen) atoms. The van der Waals surface area contributed by atoms with E-state index in [9.17, 15) is 9.90 Å². The number of rotatable bonds is 5. The molecule has 0 bridgehead atoms. The number of carboxylic acids is 1. The van der Waals surface area contributed by atoms with Crippen molar-refractivity contribution in [2.24, 2.45) is 0 Å². The Morgan fingerprint density at radius 1 is 1.45 bits per heavy atom. The highest BCUT2D eigenvalue weighted by Gasteiger charge is 2.37. The molecule has 1 aromatic heterocycles. The second-order valence-corrected chi connectivity index (χ2v) is 5.21. The number of nitrogens with zero attached hydrogens (tertiary/aromatic N) is 1. The quantitative estimate of drug-likeness (QED) is 0.879.